The summed E-state index contributed by atoms with van der Waals surface area (Å²) in [7, 11) is 0. The predicted molar refractivity (Wildman–Crippen MR) is 61.5 cm³/mol. The first kappa shape index (κ1) is 11.9. The molecule has 0 aliphatic carbocycles. The molecule has 1 aromatic heterocycles. The largest absolute Gasteiger partial charge is 0.335 e. The zero-order valence-electron chi connectivity index (χ0n) is 8.35. The molecule has 2 aromatic rings. The maximum Gasteiger partial charge on any atom is 0.152 e. The van der Waals surface area contributed by atoms with Crippen LogP contribution in [0.25, 0.3) is 0 Å². The average Bonchev–Trinajstić information content (AvgIpc) is 2.23. The van der Waals surface area contributed by atoms with Gasteiger partial charge in [-0.25, -0.2) is 18.2 Å². The Morgan fingerprint density at radius 1 is 1.06 bits per heavy atom. The topological polar surface area (TPSA) is 24.9 Å². The lowest BCUT2D eigenvalue weighted by Crippen LogP contribution is -2.00. The van der Waals surface area contributed by atoms with Gasteiger partial charge in [0.15, 0.2) is 11.6 Å². The Hall–Kier alpha value is -1.56. The zero-order chi connectivity index (χ0) is 12.4. The van der Waals surface area contributed by atoms with Gasteiger partial charge in [0.2, 0.25) is 0 Å². The second-order valence-corrected chi connectivity index (χ2v) is 4.03. The van der Waals surface area contributed by atoms with Crippen LogP contribution in [-0.4, -0.2) is 4.98 Å². The number of pyridine rings is 1. The molecule has 1 N–H and O–H groups in total. The van der Waals surface area contributed by atoms with E-state index in [9.17, 15) is 13.2 Å². The first-order chi connectivity index (χ1) is 8.06. The van der Waals surface area contributed by atoms with Gasteiger partial charge in [-0.1, -0.05) is 6.07 Å². The second kappa shape index (κ2) is 4.75. The van der Waals surface area contributed by atoms with E-state index in [0.717, 1.165) is 0 Å². The first-order valence-electron chi connectivity index (χ1n) is 4.60. The van der Waals surface area contributed by atoms with Crippen LogP contribution >= 0.6 is 15.9 Å². The molecule has 0 fully saturated rings. The number of halogens is 4. The maximum atomic E-state index is 13.3. The van der Waals surface area contributed by atoms with Gasteiger partial charge < -0.3 is 5.32 Å². The number of nitrogens with one attached hydrogen (secondary N) is 1. The molecule has 0 atom stereocenters. The Balaban J connectivity index is 2.36. The minimum atomic E-state index is -1.01. The third-order valence-corrected chi connectivity index (χ3v) is 2.42. The van der Waals surface area contributed by atoms with Crippen molar-refractivity contribution >= 4 is 27.4 Å². The summed E-state index contributed by atoms with van der Waals surface area (Å²) in [4.78, 5) is 3.95. The SMILES string of the molecule is Fc1cc(F)c(Nc2cccc(Br)n2)c(F)c1. The van der Waals surface area contributed by atoms with E-state index in [1.54, 1.807) is 12.1 Å². The summed E-state index contributed by atoms with van der Waals surface area (Å²) >= 11 is 3.13. The molecule has 0 amide bonds. The first-order valence-corrected chi connectivity index (χ1v) is 5.39. The van der Waals surface area contributed by atoms with Crippen molar-refractivity contribution in [1.29, 1.82) is 0 Å². The molecule has 17 heavy (non-hydrogen) atoms. The number of nitrogens with zero attached hydrogens (tertiary/aromatic N) is 1. The highest BCUT2D eigenvalue weighted by Crippen LogP contribution is 2.24. The van der Waals surface area contributed by atoms with Gasteiger partial charge in [0.05, 0.1) is 0 Å². The van der Waals surface area contributed by atoms with Crippen LogP contribution in [0.15, 0.2) is 34.9 Å². The highest BCUT2D eigenvalue weighted by atomic mass is 79.9. The van der Waals surface area contributed by atoms with Crippen molar-refractivity contribution < 1.29 is 13.2 Å². The van der Waals surface area contributed by atoms with Crippen molar-refractivity contribution in [3.63, 3.8) is 0 Å². The van der Waals surface area contributed by atoms with Crippen LogP contribution < -0.4 is 5.32 Å². The Labute approximate surface area is 104 Å². The molecule has 0 bridgehead atoms. The normalized spacial score (nSPS) is 10.4. The lowest BCUT2D eigenvalue weighted by molar-refractivity contribution is 0.549. The highest BCUT2D eigenvalue weighted by molar-refractivity contribution is 9.10. The van der Waals surface area contributed by atoms with E-state index in [-0.39, 0.29) is 5.82 Å². The van der Waals surface area contributed by atoms with Gasteiger partial charge in [0.1, 0.15) is 21.9 Å². The van der Waals surface area contributed by atoms with E-state index in [0.29, 0.717) is 16.7 Å². The van der Waals surface area contributed by atoms with Gasteiger partial charge in [-0.3, -0.25) is 0 Å². The zero-order valence-corrected chi connectivity index (χ0v) is 9.93. The summed E-state index contributed by atoms with van der Waals surface area (Å²) in [5.74, 6) is -2.73. The van der Waals surface area contributed by atoms with Crippen LogP contribution in [0.2, 0.25) is 0 Å². The molecule has 0 spiro atoms. The van der Waals surface area contributed by atoms with Gasteiger partial charge in [-0.05, 0) is 28.1 Å². The van der Waals surface area contributed by atoms with Crippen LogP contribution in [0.5, 0.6) is 0 Å². The molecule has 88 valence electrons. The number of hydrogen-bond acceptors (Lipinski definition) is 2. The molecule has 0 aliphatic rings. The molecule has 0 radical (unpaired) electrons. The summed E-state index contributed by atoms with van der Waals surface area (Å²) in [5, 5.41) is 2.45. The van der Waals surface area contributed by atoms with Gasteiger partial charge in [0.25, 0.3) is 0 Å². The summed E-state index contributed by atoms with van der Waals surface area (Å²) in [6, 6.07) is 6.06. The third kappa shape index (κ3) is 2.76. The van der Waals surface area contributed by atoms with E-state index in [2.05, 4.69) is 26.2 Å². The molecule has 1 aromatic carbocycles. The smallest absolute Gasteiger partial charge is 0.152 e. The molecule has 2 rings (SSSR count). The quantitative estimate of drug-likeness (QED) is 0.848. The van der Waals surface area contributed by atoms with E-state index in [4.69, 9.17) is 0 Å². The fourth-order valence-corrected chi connectivity index (χ4v) is 1.61. The second-order valence-electron chi connectivity index (χ2n) is 3.21. The molecule has 0 saturated carbocycles. The summed E-state index contributed by atoms with van der Waals surface area (Å²) in [5.41, 5.74) is -0.433. The monoisotopic (exact) mass is 302 g/mol. The molecule has 6 heteroatoms. The van der Waals surface area contributed by atoms with Crippen LogP contribution in [-0.2, 0) is 0 Å². The molecule has 1 heterocycles. The Bertz CT molecular complexity index is 537. The van der Waals surface area contributed by atoms with Crippen molar-refractivity contribution in [2.45, 2.75) is 0 Å². The van der Waals surface area contributed by atoms with Gasteiger partial charge in [-0.15, -0.1) is 0 Å². The van der Waals surface area contributed by atoms with E-state index in [1.165, 1.54) is 6.07 Å². The molecule has 2 nitrogen and oxygen atoms in total. The van der Waals surface area contributed by atoms with E-state index in [1.807, 2.05) is 0 Å². The number of anilines is 2. The van der Waals surface area contributed by atoms with Gasteiger partial charge in [0, 0.05) is 12.1 Å². The molecule has 0 saturated heterocycles. The molecular weight excluding hydrogens is 297 g/mol. The summed E-state index contributed by atoms with van der Waals surface area (Å²) in [6.07, 6.45) is 0. The molecular formula is C11H6BrF3N2. The van der Waals surface area contributed by atoms with Crippen molar-refractivity contribution in [3.8, 4) is 0 Å². The predicted octanol–water partition coefficient (Wildman–Crippen LogP) is 4.01. The highest BCUT2D eigenvalue weighted by Gasteiger charge is 2.12. The summed E-state index contributed by atoms with van der Waals surface area (Å²) in [6.45, 7) is 0. The molecule has 0 unspecified atom stereocenters. The summed E-state index contributed by atoms with van der Waals surface area (Å²) < 4.78 is 39.8. The van der Waals surface area contributed by atoms with E-state index >= 15 is 0 Å². The number of hydrogen-bond donors (Lipinski definition) is 1. The number of benzene rings is 1. The van der Waals surface area contributed by atoms with Gasteiger partial charge in [-0.2, -0.15) is 0 Å². The maximum absolute atomic E-state index is 13.3. The van der Waals surface area contributed by atoms with Gasteiger partial charge >= 0.3 is 0 Å². The van der Waals surface area contributed by atoms with Crippen molar-refractivity contribution in [3.05, 3.63) is 52.4 Å². The fraction of sp³-hybridized carbons (Fsp3) is 0. The van der Waals surface area contributed by atoms with Crippen LogP contribution in [0.1, 0.15) is 0 Å². The minimum Gasteiger partial charge on any atom is -0.335 e. The third-order valence-electron chi connectivity index (χ3n) is 1.98. The lowest BCUT2D eigenvalue weighted by atomic mass is 10.2. The number of rotatable bonds is 2. The fourth-order valence-electron chi connectivity index (χ4n) is 1.27. The Morgan fingerprint density at radius 2 is 1.71 bits per heavy atom. The van der Waals surface area contributed by atoms with Crippen LogP contribution in [0.4, 0.5) is 24.7 Å². The van der Waals surface area contributed by atoms with Crippen molar-refractivity contribution in [2.24, 2.45) is 0 Å². The number of aromatic nitrogens is 1. The molecule has 0 aliphatic heterocycles. The van der Waals surface area contributed by atoms with Crippen molar-refractivity contribution in [2.75, 3.05) is 5.32 Å². The van der Waals surface area contributed by atoms with Crippen molar-refractivity contribution in [1.82, 2.24) is 4.98 Å². The lowest BCUT2D eigenvalue weighted by Gasteiger charge is -2.08. The van der Waals surface area contributed by atoms with Crippen LogP contribution in [0, 0.1) is 17.5 Å². The Kier molecular flexibility index (Phi) is 3.33. The van der Waals surface area contributed by atoms with E-state index < -0.39 is 23.1 Å². The standard InChI is InChI=1S/C11H6BrF3N2/c12-9-2-1-3-10(16-9)17-11-7(14)4-6(13)5-8(11)15/h1-5H,(H,16,17). The average molecular weight is 303 g/mol. The Morgan fingerprint density at radius 3 is 2.29 bits per heavy atom. The van der Waals surface area contributed by atoms with Crippen LogP contribution in [0.3, 0.4) is 0 Å². The minimum absolute atomic E-state index is 0.254.